The molecule has 1 aromatic rings. The Morgan fingerprint density at radius 3 is 3.00 bits per heavy atom. The predicted octanol–water partition coefficient (Wildman–Crippen LogP) is 3.18. The minimum absolute atomic E-state index is 0.258. The van der Waals surface area contributed by atoms with E-state index in [1.807, 2.05) is 18.2 Å². The Morgan fingerprint density at radius 2 is 2.25 bits per heavy atom. The van der Waals surface area contributed by atoms with Crippen molar-refractivity contribution in [3.05, 3.63) is 29.8 Å². The van der Waals surface area contributed by atoms with Crippen molar-refractivity contribution in [2.75, 3.05) is 7.11 Å². The maximum atomic E-state index is 9.01. The molecule has 0 aliphatic heterocycles. The molecule has 1 unspecified atom stereocenters. The van der Waals surface area contributed by atoms with E-state index >= 15 is 0 Å². The first-order valence-electron chi connectivity index (χ1n) is 5.70. The smallest absolute Gasteiger partial charge is 0.119 e. The predicted molar refractivity (Wildman–Crippen MR) is 63.4 cm³/mol. The van der Waals surface area contributed by atoms with Gasteiger partial charge in [0.2, 0.25) is 0 Å². The van der Waals surface area contributed by atoms with Crippen molar-refractivity contribution in [1.82, 2.24) is 0 Å². The first-order chi connectivity index (χ1) is 7.85. The fourth-order valence-electron chi connectivity index (χ4n) is 2.33. The third-order valence-corrected chi connectivity index (χ3v) is 3.20. The number of nitrogens with zero attached hydrogens (tertiary/aromatic N) is 1. The molecule has 1 atom stereocenters. The van der Waals surface area contributed by atoms with Crippen molar-refractivity contribution in [1.29, 1.82) is 0 Å². The first kappa shape index (κ1) is 11.0. The molecule has 0 bridgehead atoms. The average Bonchev–Trinajstić information content (AvgIpc) is 2.38. The Hall–Kier alpha value is -1.51. The molecule has 1 aromatic carbocycles. The van der Waals surface area contributed by atoms with E-state index in [2.05, 4.69) is 11.2 Å². The lowest BCUT2D eigenvalue weighted by molar-refractivity contribution is 0.312. The van der Waals surface area contributed by atoms with Gasteiger partial charge in [0.1, 0.15) is 5.75 Å². The second kappa shape index (κ2) is 5.01. The minimum Gasteiger partial charge on any atom is -0.497 e. The highest BCUT2D eigenvalue weighted by Crippen LogP contribution is 2.32. The summed E-state index contributed by atoms with van der Waals surface area (Å²) in [6, 6.07) is 8.02. The highest BCUT2D eigenvalue weighted by atomic mass is 16.5. The lowest BCUT2D eigenvalue weighted by Crippen LogP contribution is -2.17. The Kier molecular flexibility index (Phi) is 3.44. The van der Waals surface area contributed by atoms with Crippen LogP contribution in [0.25, 0.3) is 0 Å². The van der Waals surface area contributed by atoms with Crippen molar-refractivity contribution in [3.63, 3.8) is 0 Å². The van der Waals surface area contributed by atoms with Gasteiger partial charge in [-0.3, -0.25) is 0 Å². The largest absolute Gasteiger partial charge is 0.497 e. The maximum absolute atomic E-state index is 9.01. The van der Waals surface area contributed by atoms with Gasteiger partial charge in [0.25, 0.3) is 0 Å². The molecular weight excluding hydrogens is 202 g/mol. The molecule has 1 N–H and O–H groups in total. The molecule has 0 aromatic heterocycles. The number of hydrogen-bond acceptors (Lipinski definition) is 3. The van der Waals surface area contributed by atoms with Crippen LogP contribution in [0, 0.1) is 0 Å². The lowest BCUT2D eigenvalue weighted by atomic mass is 9.82. The summed E-state index contributed by atoms with van der Waals surface area (Å²) < 4.78 is 5.21. The number of methoxy groups -OCH3 is 1. The molecule has 0 spiro atoms. The molecule has 2 rings (SSSR count). The van der Waals surface area contributed by atoms with E-state index in [9.17, 15) is 0 Å². The van der Waals surface area contributed by atoms with Crippen LogP contribution in [0.2, 0.25) is 0 Å². The zero-order chi connectivity index (χ0) is 11.4. The molecule has 1 fully saturated rings. The summed E-state index contributed by atoms with van der Waals surface area (Å²) in [6.45, 7) is 0. The maximum Gasteiger partial charge on any atom is 0.119 e. The molecule has 3 heteroatoms. The lowest BCUT2D eigenvalue weighted by Gasteiger charge is -2.23. The monoisotopic (exact) mass is 219 g/mol. The van der Waals surface area contributed by atoms with Gasteiger partial charge in [0.05, 0.1) is 12.8 Å². The van der Waals surface area contributed by atoms with Gasteiger partial charge in [-0.2, -0.15) is 0 Å². The Balaban J connectivity index is 2.27. The van der Waals surface area contributed by atoms with E-state index in [4.69, 9.17) is 9.94 Å². The van der Waals surface area contributed by atoms with Gasteiger partial charge >= 0.3 is 0 Å². The molecule has 16 heavy (non-hydrogen) atoms. The van der Waals surface area contributed by atoms with Crippen molar-refractivity contribution in [2.24, 2.45) is 5.16 Å². The second-order valence-corrected chi connectivity index (χ2v) is 4.17. The van der Waals surface area contributed by atoms with Crippen molar-refractivity contribution in [2.45, 2.75) is 31.6 Å². The van der Waals surface area contributed by atoms with E-state index in [0.29, 0.717) is 0 Å². The van der Waals surface area contributed by atoms with Crippen LogP contribution in [0.15, 0.2) is 29.4 Å². The SMILES string of the molecule is COc1cccc(C2CCCC/C2=N\O)c1. The standard InChI is InChI=1S/C13H17NO2/c1-16-11-6-4-5-10(9-11)12-7-2-3-8-13(12)14-15/h4-6,9,12,15H,2-3,7-8H2,1H3/b14-13+. The van der Waals surface area contributed by atoms with E-state index < -0.39 is 0 Å². The van der Waals surface area contributed by atoms with E-state index in [-0.39, 0.29) is 5.92 Å². The summed E-state index contributed by atoms with van der Waals surface area (Å²) in [7, 11) is 1.67. The molecule has 0 heterocycles. The van der Waals surface area contributed by atoms with Crippen LogP contribution < -0.4 is 4.74 Å². The molecule has 86 valence electrons. The van der Waals surface area contributed by atoms with Gasteiger partial charge in [-0.15, -0.1) is 0 Å². The van der Waals surface area contributed by atoms with Gasteiger partial charge in [0.15, 0.2) is 0 Å². The minimum atomic E-state index is 0.258. The first-order valence-corrected chi connectivity index (χ1v) is 5.70. The molecule has 3 nitrogen and oxygen atoms in total. The van der Waals surface area contributed by atoms with Gasteiger partial charge in [0, 0.05) is 5.92 Å². The van der Waals surface area contributed by atoms with Crippen LogP contribution in [-0.2, 0) is 0 Å². The van der Waals surface area contributed by atoms with Gasteiger partial charge in [-0.25, -0.2) is 0 Å². The average molecular weight is 219 g/mol. The number of ether oxygens (including phenoxy) is 1. The van der Waals surface area contributed by atoms with Crippen LogP contribution >= 0.6 is 0 Å². The molecule has 0 saturated heterocycles. The van der Waals surface area contributed by atoms with Crippen molar-refractivity contribution < 1.29 is 9.94 Å². The van der Waals surface area contributed by atoms with Crippen LogP contribution in [0.3, 0.4) is 0 Å². The molecule has 1 saturated carbocycles. The van der Waals surface area contributed by atoms with E-state index in [1.54, 1.807) is 7.11 Å². The summed E-state index contributed by atoms with van der Waals surface area (Å²) in [4.78, 5) is 0. The summed E-state index contributed by atoms with van der Waals surface area (Å²) in [5.74, 6) is 1.12. The Morgan fingerprint density at radius 1 is 1.38 bits per heavy atom. The third kappa shape index (κ3) is 2.18. The molecule has 1 aliphatic rings. The second-order valence-electron chi connectivity index (χ2n) is 4.17. The number of benzene rings is 1. The number of hydrogen-bond donors (Lipinski definition) is 1. The van der Waals surface area contributed by atoms with Crippen LogP contribution in [0.5, 0.6) is 5.75 Å². The number of oxime groups is 1. The Labute approximate surface area is 95.7 Å². The van der Waals surface area contributed by atoms with Gasteiger partial charge in [-0.05, 0) is 37.0 Å². The summed E-state index contributed by atoms with van der Waals surface area (Å²) >= 11 is 0. The van der Waals surface area contributed by atoms with Crippen molar-refractivity contribution in [3.8, 4) is 5.75 Å². The van der Waals surface area contributed by atoms with Gasteiger partial charge < -0.3 is 9.94 Å². The Bertz CT molecular complexity index is 387. The quantitative estimate of drug-likeness (QED) is 0.613. The fraction of sp³-hybridized carbons (Fsp3) is 0.462. The molecule has 0 amide bonds. The van der Waals surface area contributed by atoms with Crippen molar-refractivity contribution >= 4 is 5.71 Å². The molecular formula is C13H17NO2. The van der Waals surface area contributed by atoms with Crippen LogP contribution in [0.4, 0.5) is 0 Å². The fourth-order valence-corrected chi connectivity index (χ4v) is 2.33. The third-order valence-electron chi connectivity index (χ3n) is 3.20. The highest BCUT2D eigenvalue weighted by molar-refractivity contribution is 5.91. The van der Waals surface area contributed by atoms with E-state index in [1.165, 1.54) is 12.0 Å². The van der Waals surface area contributed by atoms with E-state index in [0.717, 1.165) is 30.7 Å². The molecule has 1 aliphatic carbocycles. The summed E-state index contributed by atoms with van der Waals surface area (Å²) in [6.07, 6.45) is 4.28. The topological polar surface area (TPSA) is 41.8 Å². The van der Waals surface area contributed by atoms with Gasteiger partial charge in [-0.1, -0.05) is 23.7 Å². The molecule has 0 radical (unpaired) electrons. The van der Waals surface area contributed by atoms with Crippen LogP contribution in [-0.4, -0.2) is 18.0 Å². The summed E-state index contributed by atoms with van der Waals surface area (Å²) in [5.41, 5.74) is 2.09. The normalized spacial score (nSPS) is 23.3. The van der Waals surface area contributed by atoms with Crippen LogP contribution in [0.1, 0.15) is 37.2 Å². The zero-order valence-electron chi connectivity index (χ0n) is 9.52. The number of rotatable bonds is 2. The zero-order valence-corrected chi connectivity index (χ0v) is 9.52. The summed E-state index contributed by atoms with van der Waals surface area (Å²) in [5, 5.41) is 12.4. The highest BCUT2D eigenvalue weighted by Gasteiger charge is 2.22.